The molecule has 0 amide bonds. The average molecular weight is 1130 g/mol. The molecule has 0 fully saturated rings. The molecule has 0 spiro atoms. The zero-order valence-electron chi connectivity index (χ0n) is 34.5. The van der Waals surface area contributed by atoms with Crippen LogP contribution in [0.1, 0.15) is 0 Å². The molecule has 335 valence electrons. The summed E-state index contributed by atoms with van der Waals surface area (Å²) < 4.78 is 179. The summed E-state index contributed by atoms with van der Waals surface area (Å²) in [5.74, 6) is -1.68. The molecule has 25 nitrogen and oxygen atoms in total. The Labute approximate surface area is 500 Å². The van der Waals surface area contributed by atoms with Gasteiger partial charge in [-0.15, -0.1) is 41.8 Å². The second-order valence-corrected chi connectivity index (χ2v) is 16.9. The Hall–Kier alpha value is -0.381. The van der Waals surface area contributed by atoms with Crippen molar-refractivity contribution < 1.29 is 252 Å². The number of nitrogens with one attached hydrogen (secondary N) is 1. The van der Waals surface area contributed by atoms with Gasteiger partial charge in [-0.1, -0.05) is 28.0 Å². The van der Waals surface area contributed by atoms with Crippen LogP contribution in [0.4, 0.5) is 28.4 Å². The van der Waals surface area contributed by atoms with Crippen LogP contribution in [0.3, 0.4) is 0 Å². The third kappa shape index (κ3) is 23.7. The molecule has 0 bridgehead atoms. The van der Waals surface area contributed by atoms with Gasteiger partial charge in [0.15, 0.2) is 9.84 Å². The maximum absolute atomic E-state index is 12.2. The summed E-state index contributed by atoms with van der Waals surface area (Å²) in [4.78, 5) is -2.06. The van der Waals surface area contributed by atoms with Crippen molar-refractivity contribution in [2.45, 2.75) is 14.7 Å². The van der Waals surface area contributed by atoms with Gasteiger partial charge < -0.3 is 36.1 Å². The largest absolute Gasteiger partial charge is 1.00 e. The monoisotopic (exact) mass is 1130 g/mol. The van der Waals surface area contributed by atoms with E-state index in [4.69, 9.17) is 42.8 Å². The molecule has 0 aromatic heterocycles. The molecule has 5 aromatic carbocycles. The molecule has 5 aromatic rings. The number of rotatable bonds is 9. The third-order valence-corrected chi connectivity index (χ3v) is 10.1. The van der Waals surface area contributed by atoms with Crippen LogP contribution < -0.4 is 153 Å². The van der Waals surface area contributed by atoms with Crippen molar-refractivity contribution in [3.05, 3.63) is 79.7 Å². The van der Waals surface area contributed by atoms with E-state index in [2.05, 4.69) is 44.8 Å². The Bertz CT molecular complexity index is 3200. The van der Waals surface area contributed by atoms with Gasteiger partial charge >= 0.3 is 169 Å². The van der Waals surface area contributed by atoms with Crippen LogP contribution in [0.5, 0.6) is 11.5 Å². The molecule has 37 heteroatoms. The van der Waals surface area contributed by atoms with E-state index in [-0.39, 0.29) is 203 Å². The van der Waals surface area contributed by atoms with Crippen molar-refractivity contribution in [3.63, 3.8) is 0 Å². The minimum Gasteiger partial charge on any atom is -0.754 e. The number of fused-ring (bicyclic) bond motifs is 2. The van der Waals surface area contributed by atoms with Crippen LogP contribution in [-0.4, -0.2) is 100 Å². The van der Waals surface area contributed by atoms with Crippen LogP contribution >= 0.6 is 0 Å². The molecule has 0 aliphatic carbocycles. The first-order chi connectivity index (χ1) is 27.5. The predicted octanol–water partition coefficient (Wildman–Crippen LogP) is -12.7. The van der Waals surface area contributed by atoms with Crippen molar-refractivity contribution in [1.29, 1.82) is 0 Å². The topological polar surface area (TPSA) is 430 Å². The molecule has 4 N–H and O–H groups in total. The van der Waals surface area contributed by atoms with E-state index >= 15 is 0 Å². The van der Waals surface area contributed by atoms with Gasteiger partial charge in [0.25, 0.3) is 0 Å². The van der Waals surface area contributed by atoms with E-state index < -0.39 is 99.3 Å². The van der Waals surface area contributed by atoms with Crippen molar-refractivity contribution >= 4 is 112 Å². The van der Waals surface area contributed by atoms with E-state index in [1.807, 2.05) is 0 Å². The molecule has 66 heavy (non-hydrogen) atoms. The SMILES string of the molecule is O=S(=O)([O-])O.O=S(=O)=O.O=S(=O)=O.[CH2-]CS(=O)(=O)c1ccc(N=Nc2c(NC)ccc3c(O)c(N=Nc4ccc5c[c-]cc(S(=O)(=O)[O-])c5c4O)[c-]cc23)c(S(=O)(=O)[O-])c1.[Cu].[Na+].[Na+].[Na+].[Na+].[Na+]. The Balaban J connectivity index is -0.000000579. The van der Waals surface area contributed by atoms with Gasteiger partial charge in [0.2, 0.25) is 10.4 Å². The van der Waals surface area contributed by atoms with Crippen LogP contribution in [0, 0.1) is 19.1 Å². The summed E-state index contributed by atoms with van der Waals surface area (Å²) >= 11 is 0. The van der Waals surface area contributed by atoms with Gasteiger partial charge in [0.1, 0.15) is 27.2 Å². The Morgan fingerprint density at radius 1 is 0.667 bits per heavy atom. The Morgan fingerprint density at radius 2 is 1.15 bits per heavy atom. The normalized spacial score (nSPS) is 10.8. The van der Waals surface area contributed by atoms with Gasteiger partial charge in [0.05, 0.1) is 25.6 Å². The molecular formula is C29H21CuN5Na5O20S6-. The number of sulfone groups is 1. The first kappa shape index (κ1) is 74.6. The maximum Gasteiger partial charge on any atom is 1.00 e. The van der Waals surface area contributed by atoms with Crippen molar-refractivity contribution in [1.82, 2.24) is 0 Å². The van der Waals surface area contributed by atoms with Crippen LogP contribution in [0.15, 0.2) is 95.8 Å². The minimum absolute atomic E-state index is 0. The molecule has 0 atom stereocenters. The van der Waals surface area contributed by atoms with Crippen LogP contribution in [0.25, 0.3) is 21.5 Å². The molecule has 0 saturated carbocycles. The fourth-order valence-electron chi connectivity index (χ4n) is 4.51. The number of nitrogens with zero attached hydrogens (tertiary/aromatic N) is 4. The van der Waals surface area contributed by atoms with Gasteiger partial charge in [-0.25, -0.2) is 25.3 Å². The van der Waals surface area contributed by atoms with Crippen molar-refractivity contribution in [2.75, 3.05) is 18.1 Å². The standard InChI is InChI=1S/C29H22N5O10S3.Cu.5Na.H2O4S.2O3S/c1-3-45(37,38)17-8-12-20(25(15-17)47(42,43)44)31-34-27-18-9-14-22(28(35)19(18)10-13-21(27)30-2)32-33-23-11-7-16-5-4-6-24(46(39,40)41)26(16)29(23)36;;;;;;;1-5(2,3)4;2*1-4(2)3/h5-13,15,30,35-36H,1,3H2,2H3,(H,39,40,41)(H,42,43,44);;;;;;;(H2,1,2,3,4);;/q-3;;5*+1;;;/p-3. The van der Waals surface area contributed by atoms with Gasteiger partial charge in [-0.05, 0) is 35.2 Å². The molecule has 0 saturated heterocycles. The summed E-state index contributed by atoms with van der Waals surface area (Å²) in [7, 11) is -23.7. The Morgan fingerprint density at radius 3 is 1.62 bits per heavy atom. The Kier molecular flexibility index (Phi) is 36.8. The van der Waals surface area contributed by atoms with Crippen LogP contribution in [0.2, 0.25) is 0 Å². The number of azo groups is 2. The fraction of sp³-hybridized carbons (Fsp3) is 0.0690. The maximum atomic E-state index is 12.2. The average Bonchev–Trinajstić information content (AvgIpc) is 3.12. The number of phenols is 2. The van der Waals surface area contributed by atoms with Crippen molar-refractivity contribution in [3.8, 4) is 11.5 Å². The number of benzene rings is 5. The van der Waals surface area contributed by atoms with E-state index in [0.717, 1.165) is 18.2 Å². The molecule has 0 unspecified atom stereocenters. The number of aromatic hydroxyl groups is 2. The van der Waals surface area contributed by atoms with E-state index in [1.165, 1.54) is 36.4 Å². The molecule has 1 radical (unpaired) electrons. The van der Waals surface area contributed by atoms with E-state index in [1.54, 1.807) is 7.05 Å². The number of phenolic OH excluding ortho intramolecular Hbond substituents is 2. The zero-order valence-corrected chi connectivity index (χ0v) is 50.4. The smallest absolute Gasteiger partial charge is 0.754 e. The number of anilines is 1. The third-order valence-electron chi connectivity index (χ3n) is 6.82. The molecule has 5 rings (SSSR count). The molecule has 0 heterocycles. The zero-order chi connectivity index (χ0) is 46.0. The minimum atomic E-state index is -5.19. The summed E-state index contributed by atoms with van der Waals surface area (Å²) in [6, 6.07) is 17.3. The first-order valence-electron chi connectivity index (χ1n) is 14.7. The van der Waals surface area contributed by atoms with Crippen molar-refractivity contribution in [2.24, 2.45) is 20.5 Å². The summed E-state index contributed by atoms with van der Waals surface area (Å²) in [5.41, 5.74) is -0.453. The fourth-order valence-corrected chi connectivity index (χ4v) is 6.71. The molecule has 0 aliphatic heterocycles. The van der Waals surface area contributed by atoms with E-state index in [0.29, 0.717) is 11.8 Å². The number of hydrogen-bond donors (Lipinski definition) is 4. The quantitative estimate of drug-likeness (QED) is 0.0350. The second-order valence-electron chi connectivity index (χ2n) is 10.5. The summed E-state index contributed by atoms with van der Waals surface area (Å²) in [6.07, 6.45) is 0. The summed E-state index contributed by atoms with van der Waals surface area (Å²) in [5, 5.41) is 40.8. The predicted molar refractivity (Wildman–Crippen MR) is 198 cm³/mol. The number of hydrogen-bond acceptors (Lipinski definition) is 24. The van der Waals surface area contributed by atoms with Gasteiger partial charge in [-0.2, -0.15) is 45.7 Å². The van der Waals surface area contributed by atoms with Gasteiger partial charge in [-0.3, -0.25) is 13.0 Å². The molecule has 0 aliphatic rings. The first-order valence-corrected chi connectivity index (χ1v) is 22.5. The second kappa shape index (κ2) is 32.6. The van der Waals surface area contributed by atoms with Crippen LogP contribution in [-0.2, 0) is 78.8 Å². The van der Waals surface area contributed by atoms with E-state index in [9.17, 15) is 44.6 Å². The van der Waals surface area contributed by atoms with Gasteiger partial charge in [0, 0.05) is 41.2 Å². The molecular weight excluding hydrogens is 1110 g/mol. The summed E-state index contributed by atoms with van der Waals surface area (Å²) in [6.45, 7) is 3.30.